The zero-order valence-electron chi connectivity index (χ0n) is 9.15. The lowest BCUT2D eigenvalue weighted by Crippen LogP contribution is -2.28. The minimum absolute atomic E-state index is 0.659. The van der Waals surface area contributed by atoms with Gasteiger partial charge in [-0.2, -0.15) is 0 Å². The van der Waals surface area contributed by atoms with Gasteiger partial charge in [-0.3, -0.25) is 0 Å². The monoisotopic (exact) mass is 217 g/mol. The van der Waals surface area contributed by atoms with Gasteiger partial charge in [-0.05, 0) is 50.4 Å². The minimum atomic E-state index is 0.659. The SMILES string of the molecule is c1cnc2onc(CC3CCNCC3)c2c1. The molecular formula is C12H15N3O. The van der Waals surface area contributed by atoms with Gasteiger partial charge in [0.2, 0.25) is 0 Å². The van der Waals surface area contributed by atoms with E-state index in [4.69, 9.17) is 4.52 Å². The molecule has 3 rings (SSSR count). The van der Waals surface area contributed by atoms with Crippen LogP contribution < -0.4 is 5.32 Å². The first kappa shape index (κ1) is 9.78. The molecule has 0 bridgehead atoms. The number of piperidine rings is 1. The van der Waals surface area contributed by atoms with Gasteiger partial charge in [0, 0.05) is 6.20 Å². The summed E-state index contributed by atoms with van der Waals surface area (Å²) in [5, 5.41) is 8.58. The molecule has 3 heterocycles. The molecule has 0 aromatic carbocycles. The normalized spacial score (nSPS) is 18.0. The lowest BCUT2D eigenvalue weighted by Gasteiger charge is -2.21. The van der Waals surface area contributed by atoms with Crippen molar-refractivity contribution in [1.82, 2.24) is 15.5 Å². The lowest BCUT2D eigenvalue weighted by atomic mass is 9.92. The fourth-order valence-electron chi connectivity index (χ4n) is 2.34. The molecule has 0 saturated carbocycles. The molecule has 0 atom stereocenters. The third kappa shape index (κ3) is 1.80. The van der Waals surface area contributed by atoms with Crippen LogP contribution in [-0.4, -0.2) is 23.2 Å². The molecule has 2 aromatic heterocycles. The van der Waals surface area contributed by atoms with Crippen LogP contribution in [0.1, 0.15) is 18.5 Å². The summed E-state index contributed by atoms with van der Waals surface area (Å²) in [4.78, 5) is 4.15. The summed E-state index contributed by atoms with van der Waals surface area (Å²) in [6.45, 7) is 2.25. The van der Waals surface area contributed by atoms with Crippen molar-refractivity contribution in [1.29, 1.82) is 0 Å². The van der Waals surface area contributed by atoms with Crippen molar-refractivity contribution in [2.45, 2.75) is 19.3 Å². The fraction of sp³-hybridized carbons (Fsp3) is 0.500. The van der Waals surface area contributed by atoms with Gasteiger partial charge in [-0.15, -0.1) is 0 Å². The van der Waals surface area contributed by atoms with Crippen LogP contribution in [0, 0.1) is 5.92 Å². The van der Waals surface area contributed by atoms with Gasteiger partial charge in [0.1, 0.15) is 0 Å². The molecule has 1 aliphatic rings. The van der Waals surface area contributed by atoms with Gasteiger partial charge < -0.3 is 9.84 Å². The summed E-state index contributed by atoms with van der Waals surface area (Å²) < 4.78 is 5.21. The molecule has 2 aromatic rings. The quantitative estimate of drug-likeness (QED) is 0.832. The van der Waals surface area contributed by atoms with Crippen molar-refractivity contribution in [3.05, 3.63) is 24.0 Å². The van der Waals surface area contributed by atoms with Crippen LogP contribution in [0.4, 0.5) is 0 Å². The molecule has 0 unspecified atom stereocenters. The Hall–Kier alpha value is -1.42. The van der Waals surface area contributed by atoms with Crippen LogP contribution in [0.15, 0.2) is 22.9 Å². The number of hydrogen-bond donors (Lipinski definition) is 1. The molecule has 1 saturated heterocycles. The summed E-state index contributed by atoms with van der Waals surface area (Å²) >= 11 is 0. The van der Waals surface area contributed by atoms with E-state index in [2.05, 4.69) is 15.5 Å². The highest BCUT2D eigenvalue weighted by molar-refractivity contribution is 5.75. The van der Waals surface area contributed by atoms with E-state index in [1.165, 1.54) is 12.8 Å². The van der Waals surface area contributed by atoms with Crippen LogP contribution in [-0.2, 0) is 6.42 Å². The van der Waals surface area contributed by atoms with Gasteiger partial charge in [0.05, 0.1) is 11.1 Å². The number of hydrogen-bond acceptors (Lipinski definition) is 4. The van der Waals surface area contributed by atoms with Crippen LogP contribution in [0.5, 0.6) is 0 Å². The molecular weight excluding hydrogens is 202 g/mol. The first-order chi connectivity index (χ1) is 7.93. The molecule has 0 amide bonds. The Labute approximate surface area is 94.0 Å². The molecule has 84 valence electrons. The maximum atomic E-state index is 5.21. The van der Waals surface area contributed by atoms with Gasteiger partial charge in [0.25, 0.3) is 5.71 Å². The first-order valence-corrected chi connectivity index (χ1v) is 5.83. The maximum Gasteiger partial charge on any atom is 0.257 e. The van der Waals surface area contributed by atoms with Crippen molar-refractivity contribution < 1.29 is 4.52 Å². The summed E-state index contributed by atoms with van der Waals surface area (Å²) in [6, 6.07) is 3.97. The summed E-state index contributed by atoms with van der Waals surface area (Å²) in [6.07, 6.45) is 5.21. The van der Waals surface area contributed by atoms with Gasteiger partial charge in [-0.1, -0.05) is 5.16 Å². The first-order valence-electron chi connectivity index (χ1n) is 5.83. The summed E-state index contributed by atoms with van der Waals surface area (Å²) in [5.74, 6) is 0.731. The number of aromatic nitrogens is 2. The highest BCUT2D eigenvalue weighted by atomic mass is 16.5. The maximum absolute atomic E-state index is 5.21. The molecule has 0 spiro atoms. The summed E-state index contributed by atoms with van der Waals surface area (Å²) in [7, 11) is 0. The van der Waals surface area contributed by atoms with E-state index in [1.54, 1.807) is 6.20 Å². The number of nitrogens with one attached hydrogen (secondary N) is 1. The predicted molar refractivity (Wildman–Crippen MR) is 61.1 cm³/mol. The lowest BCUT2D eigenvalue weighted by molar-refractivity contribution is 0.360. The molecule has 0 aliphatic carbocycles. The third-order valence-electron chi connectivity index (χ3n) is 3.27. The highest BCUT2D eigenvalue weighted by Crippen LogP contribution is 2.22. The van der Waals surface area contributed by atoms with E-state index in [1.807, 2.05) is 12.1 Å². The number of rotatable bonds is 2. The van der Waals surface area contributed by atoms with Crippen molar-refractivity contribution in [3.63, 3.8) is 0 Å². The second-order valence-corrected chi connectivity index (χ2v) is 4.38. The topological polar surface area (TPSA) is 51.0 Å². The zero-order valence-corrected chi connectivity index (χ0v) is 9.15. The van der Waals surface area contributed by atoms with E-state index in [-0.39, 0.29) is 0 Å². The van der Waals surface area contributed by atoms with E-state index < -0.39 is 0 Å². The Morgan fingerprint density at radius 1 is 1.38 bits per heavy atom. The molecule has 1 aliphatic heterocycles. The van der Waals surface area contributed by atoms with Gasteiger partial charge >= 0.3 is 0 Å². The number of fused-ring (bicyclic) bond motifs is 1. The van der Waals surface area contributed by atoms with Gasteiger partial charge in [-0.25, -0.2) is 4.98 Å². The fourth-order valence-corrected chi connectivity index (χ4v) is 2.34. The smallest absolute Gasteiger partial charge is 0.257 e. The van der Waals surface area contributed by atoms with Crippen LogP contribution in [0.3, 0.4) is 0 Å². The Bertz CT molecular complexity index is 474. The molecule has 4 nitrogen and oxygen atoms in total. The predicted octanol–water partition coefficient (Wildman–Crippen LogP) is 1.76. The molecule has 4 heteroatoms. The van der Waals surface area contributed by atoms with Gasteiger partial charge in [0.15, 0.2) is 0 Å². The third-order valence-corrected chi connectivity index (χ3v) is 3.27. The zero-order chi connectivity index (χ0) is 10.8. The van der Waals surface area contributed by atoms with E-state index >= 15 is 0 Å². The standard InChI is InChI=1S/C12H15N3O/c1-2-10-11(15-16-12(10)14-5-1)8-9-3-6-13-7-4-9/h1-2,5,9,13H,3-4,6-8H2. The van der Waals surface area contributed by atoms with E-state index in [9.17, 15) is 0 Å². The second kappa shape index (κ2) is 4.22. The molecule has 16 heavy (non-hydrogen) atoms. The van der Waals surface area contributed by atoms with Crippen molar-refractivity contribution >= 4 is 11.1 Å². The Morgan fingerprint density at radius 3 is 3.12 bits per heavy atom. The molecule has 0 radical (unpaired) electrons. The molecule has 1 fully saturated rings. The average molecular weight is 217 g/mol. The van der Waals surface area contributed by atoms with Crippen LogP contribution in [0.2, 0.25) is 0 Å². The average Bonchev–Trinajstić information content (AvgIpc) is 2.74. The van der Waals surface area contributed by atoms with E-state index in [0.29, 0.717) is 5.71 Å². The Balaban J connectivity index is 1.83. The number of pyridine rings is 1. The summed E-state index contributed by atoms with van der Waals surface area (Å²) in [5.41, 5.74) is 1.72. The van der Waals surface area contributed by atoms with Crippen LogP contribution >= 0.6 is 0 Å². The second-order valence-electron chi connectivity index (χ2n) is 4.38. The Morgan fingerprint density at radius 2 is 2.25 bits per heavy atom. The highest BCUT2D eigenvalue weighted by Gasteiger charge is 2.17. The van der Waals surface area contributed by atoms with Crippen LogP contribution in [0.25, 0.3) is 11.1 Å². The van der Waals surface area contributed by atoms with E-state index in [0.717, 1.165) is 36.5 Å². The minimum Gasteiger partial charge on any atom is -0.336 e. The van der Waals surface area contributed by atoms with Crippen molar-refractivity contribution in [2.75, 3.05) is 13.1 Å². The Kier molecular flexibility index (Phi) is 2.58. The number of nitrogens with zero attached hydrogens (tertiary/aromatic N) is 2. The molecule has 1 N–H and O–H groups in total. The largest absolute Gasteiger partial charge is 0.336 e. The van der Waals surface area contributed by atoms with Crippen molar-refractivity contribution in [3.8, 4) is 0 Å². The van der Waals surface area contributed by atoms with Crippen molar-refractivity contribution in [2.24, 2.45) is 5.92 Å².